The first-order chi connectivity index (χ1) is 9.65. The topological polar surface area (TPSA) is 36.0 Å². The van der Waals surface area contributed by atoms with Gasteiger partial charge in [0.2, 0.25) is 0 Å². The van der Waals surface area contributed by atoms with Crippen molar-refractivity contribution in [1.82, 2.24) is 4.98 Å². The fourth-order valence-corrected chi connectivity index (χ4v) is 3.03. The number of aliphatic hydroxyl groups is 1. The Bertz CT molecular complexity index is 646. The van der Waals surface area contributed by atoms with Gasteiger partial charge >= 0.3 is 6.18 Å². The smallest absolute Gasteiger partial charge is 0.383 e. The Morgan fingerprint density at radius 2 is 1.90 bits per heavy atom. The molecule has 0 fully saturated rings. The third kappa shape index (κ3) is 3.37. The lowest BCUT2D eigenvalue weighted by atomic mass is 10.0. The molecule has 1 aromatic carbocycles. The third-order valence-electron chi connectivity index (χ3n) is 3.44. The number of hydrogen-bond donors (Lipinski definition) is 2. The van der Waals surface area contributed by atoms with E-state index in [0.29, 0.717) is 22.3 Å². The Morgan fingerprint density at radius 3 is 2.48 bits per heavy atom. The number of H-pyrrole nitrogens is 1. The van der Waals surface area contributed by atoms with E-state index in [9.17, 15) is 18.3 Å². The van der Waals surface area contributed by atoms with E-state index < -0.39 is 17.3 Å². The van der Waals surface area contributed by atoms with Crippen LogP contribution in [0, 0.1) is 6.92 Å². The van der Waals surface area contributed by atoms with Crippen LogP contribution >= 0.6 is 11.8 Å². The minimum atomic E-state index is -4.37. The molecule has 2 rings (SSSR count). The first-order valence-electron chi connectivity index (χ1n) is 6.66. The zero-order chi connectivity index (χ0) is 15.8. The molecule has 2 N–H and O–H groups in total. The molecule has 0 radical (unpaired) electrons. The van der Waals surface area contributed by atoms with Crippen LogP contribution in [-0.4, -0.2) is 21.6 Å². The largest absolute Gasteiger partial charge is 0.416 e. The summed E-state index contributed by atoms with van der Waals surface area (Å²) in [6.07, 6.45) is -4.37. The number of aryl methyl sites for hydroxylation is 1. The van der Waals surface area contributed by atoms with Crippen LogP contribution in [0.2, 0.25) is 0 Å². The summed E-state index contributed by atoms with van der Waals surface area (Å²) in [7, 11) is 0. The maximum absolute atomic E-state index is 12.9. The van der Waals surface area contributed by atoms with Gasteiger partial charge in [0.1, 0.15) is 5.60 Å². The van der Waals surface area contributed by atoms with Crippen molar-refractivity contribution in [3.63, 3.8) is 0 Å². The van der Waals surface area contributed by atoms with Crippen LogP contribution in [0.25, 0.3) is 10.9 Å². The number of nitrogens with one attached hydrogen (secondary N) is 1. The SMILES string of the molecule is CCSC[C@](C)(O)c1cc2cc(C)c(C(F)(F)F)cc2[nH]1. The van der Waals surface area contributed by atoms with E-state index in [0.717, 1.165) is 11.8 Å². The van der Waals surface area contributed by atoms with Crippen LogP contribution in [0.15, 0.2) is 18.2 Å². The van der Waals surface area contributed by atoms with Gasteiger partial charge in [-0.2, -0.15) is 24.9 Å². The van der Waals surface area contributed by atoms with Gasteiger partial charge in [0.05, 0.1) is 5.56 Å². The second kappa shape index (κ2) is 5.57. The molecule has 2 nitrogen and oxygen atoms in total. The fourth-order valence-electron chi connectivity index (χ4n) is 2.27. The molecule has 0 unspecified atom stereocenters. The number of alkyl halides is 3. The molecule has 116 valence electrons. The Hall–Kier alpha value is -1.14. The lowest BCUT2D eigenvalue weighted by Gasteiger charge is -2.21. The van der Waals surface area contributed by atoms with Crippen molar-refractivity contribution in [3.05, 3.63) is 35.0 Å². The zero-order valence-corrected chi connectivity index (χ0v) is 13.0. The van der Waals surface area contributed by atoms with Gasteiger partial charge < -0.3 is 10.1 Å². The summed E-state index contributed by atoms with van der Waals surface area (Å²) in [4.78, 5) is 2.92. The highest BCUT2D eigenvalue weighted by Gasteiger charge is 2.33. The van der Waals surface area contributed by atoms with E-state index >= 15 is 0 Å². The van der Waals surface area contributed by atoms with Crippen molar-refractivity contribution in [1.29, 1.82) is 0 Å². The van der Waals surface area contributed by atoms with Crippen LogP contribution in [0.4, 0.5) is 13.2 Å². The second-order valence-electron chi connectivity index (χ2n) is 5.35. The van der Waals surface area contributed by atoms with Gasteiger partial charge in [0.25, 0.3) is 0 Å². The molecule has 0 bridgehead atoms. The molecule has 0 amide bonds. The van der Waals surface area contributed by atoms with Gasteiger partial charge in [0.15, 0.2) is 0 Å². The molecule has 1 aromatic heterocycles. The van der Waals surface area contributed by atoms with Crippen molar-refractivity contribution in [2.24, 2.45) is 0 Å². The van der Waals surface area contributed by atoms with Crippen molar-refractivity contribution < 1.29 is 18.3 Å². The molecule has 0 aliphatic rings. The van der Waals surface area contributed by atoms with Gasteiger partial charge in [-0.05, 0) is 43.4 Å². The number of benzene rings is 1. The Labute approximate surface area is 125 Å². The van der Waals surface area contributed by atoms with E-state index in [1.165, 1.54) is 13.0 Å². The highest BCUT2D eigenvalue weighted by atomic mass is 32.2. The second-order valence-corrected chi connectivity index (χ2v) is 6.62. The van der Waals surface area contributed by atoms with Crippen LogP contribution in [-0.2, 0) is 11.8 Å². The number of hydrogen-bond acceptors (Lipinski definition) is 2. The number of aromatic amines is 1. The normalized spacial score (nSPS) is 15.4. The first-order valence-corrected chi connectivity index (χ1v) is 7.82. The minimum Gasteiger partial charge on any atom is -0.383 e. The van der Waals surface area contributed by atoms with Gasteiger partial charge in [-0.1, -0.05) is 6.92 Å². The Morgan fingerprint density at radius 1 is 1.24 bits per heavy atom. The third-order valence-corrected chi connectivity index (χ3v) is 4.61. The summed E-state index contributed by atoms with van der Waals surface area (Å²) < 4.78 is 38.8. The summed E-state index contributed by atoms with van der Waals surface area (Å²) in [5, 5.41) is 11.1. The molecule has 0 saturated carbocycles. The molecule has 21 heavy (non-hydrogen) atoms. The molecule has 6 heteroatoms. The maximum atomic E-state index is 12.9. The summed E-state index contributed by atoms with van der Waals surface area (Å²) in [5.41, 5.74) is -0.623. The van der Waals surface area contributed by atoms with E-state index in [-0.39, 0.29) is 5.56 Å². The molecule has 2 aromatic rings. The summed E-state index contributed by atoms with van der Waals surface area (Å²) in [6, 6.07) is 4.33. The number of halogens is 3. The molecule has 0 aliphatic heterocycles. The standard InChI is InChI=1S/C15H18F3NOS/c1-4-21-8-14(3,20)13-6-10-5-9(2)11(15(16,17)18)7-12(10)19-13/h5-7,19-20H,4,8H2,1-3H3/t14-/m0/s1. The van der Waals surface area contributed by atoms with Crippen LogP contribution in [0.1, 0.15) is 30.7 Å². The van der Waals surface area contributed by atoms with Crippen molar-refractivity contribution >= 4 is 22.7 Å². The van der Waals surface area contributed by atoms with Crippen molar-refractivity contribution in [3.8, 4) is 0 Å². The highest BCUT2D eigenvalue weighted by molar-refractivity contribution is 7.99. The zero-order valence-electron chi connectivity index (χ0n) is 12.1. The van der Waals surface area contributed by atoms with E-state index in [2.05, 4.69) is 4.98 Å². The minimum absolute atomic E-state index is 0.183. The number of thioether (sulfide) groups is 1. The van der Waals surface area contributed by atoms with Gasteiger partial charge in [-0.25, -0.2) is 0 Å². The van der Waals surface area contributed by atoms with Gasteiger partial charge in [0, 0.05) is 22.3 Å². The fraction of sp³-hybridized carbons (Fsp3) is 0.467. The lowest BCUT2D eigenvalue weighted by Crippen LogP contribution is -2.24. The molecular weight excluding hydrogens is 299 g/mol. The number of rotatable bonds is 4. The molecule has 0 saturated heterocycles. The number of fused-ring (bicyclic) bond motifs is 1. The van der Waals surface area contributed by atoms with Crippen LogP contribution in [0.5, 0.6) is 0 Å². The average Bonchev–Trinajstić information content (AvgIpc) is 2.77. The predicted octanol–water partition coefficient (Wildman–Crippen LogP) is 4.46. The van der Waals surface area contributed by atoms with E-state index in [1.54, 1.807) is 24.8 Å². The molecule has 0 spiro atoms. The average molecular weight is 317 g/mol. The summed E-state index contributed by atoms with van der Waals surface area (Å²) in [5.74, 6) is 1.36. The number of aromatic nitrogens is 1. The van der Waals surface area contributed by atoms with Crippen LogP contribution < -0.4 is 0 Å². The summed E-state index contributed by atoms with van der Waals surface area (Å²) >= 11 is 1.58. The van der Waals surface area contributed by atoms with Crippen LogP contribution in [0.3, 0.4) is 0 Å². The van der Waals surface area contributed by atoms with E-state index in [1.807, 2.05) is 6.92 Å². The predicted molar refractivity (Wildman–Crippen MR) is 80.6 cm³/mol. The Balaban J connectivity index is 2.47. The monoisotopic (exact) mass is 317 g/mol. The van der Waals surface area contributed by atoms with Gasteiger partial charge in [-0.15, -0.1) is 0 Å². The van der Waals surface area contributed by atoms with Crippen molar-refractivity contribution in [2.75, 3.05) is 11.5 Å². The quantitative estimate of drug-likeness (QED) is 0.873. The van der Waals surface area contributed by atoms with E-state index in [4.69, 9.17) is 0 Å². The molecular formula is C15H18F3NOS. The van der Waals surface area contributed by atoms with Crippen molar-refractivity contribution in [2.45, 2.75) is 32.5 Å². The van der Waals surface area contributed by atoms with Gasteiger partial charge in [-0.3, -0.25) is 0 Å². The molecule has 1 heterocycles. The first kappa shape index (κ1) is 16.2. The maximum Gasteiger partial charge on any atom is 0.416 e. The highest BCUT2D eigenvalue weighted by Crippen LogP contribution is 2.35. The lowest BCUT2D eigenvalue weighted by molar-refractivity contribution is -0.137. The summed E-state index contributed by atoms with van der Waals surface area (Å²) in [6.45, 7) is 5.10. The Kier molecular flexibility index (Phi) is 4.31. The molecule has 0 aliphatic carbocycles. The molecule has 1 atom stereocenters.